The second-order valence-electron chi connectivity index (χ2n) is 8.66. The van der Waals surface area contributed by atoms with Crippen LogP contribution in [0.2, 0.25) is 0 Å². The number of hydrogen-bond donors (Lipinski definition) is 0. The third-order valence-electron chi connectivity index (χ3n) is 6.62. The minimum absolute atomic E-state index is 0.234. The van der Waals surface area contributed by atoms with Gasteiger partial charge in [-0.2, -0.15) is 0 Å². The van der Waals surface area contributed by atoms with Crippen molar-refractivity contribution in [2.24, 2.45) is 29.6 Å². The van der Waals surface area contributed by atoms with Crippen molar-refractivity contribution < 1.29 is 23.9 Å². The van der Waals surface area contributed by atoms with Gasteiger partial charge in [-0.3, -0.25) is 19.3 Å². The van der Waals surface area contributed by atoms with E-state index < -0.39 is 18.6 Å². The molecule has 2 saturated carbocycles. The molecule has 0 unspecified atom stereocenters. The van der Waals surface area contributed by atoms with Crippen molar-refractivity contribution in [3.63, 3.8) is 0 Å². The molecule has 2 bridgehead atoms. The summed E-state index contributed by atoms with van der Waals surface area (Å²) in [5.41, 5.74) is 0.432. The highest BCUT2D eigenvalue weighted by molar-refractivity contribution is 9.10. The van der Waals surface area contributed by atoms with Crippen LogP contribution >= 0.6 is 15.9 Å². The van der Waals surface area contributed by atoms with Gasteiger partial charge in [0, 0.05) is 10.0 Å². The van der Waals surface area contributed by atoms with Crippen LogP contribution in [0.4, 0.5) is 0 Å². The van der Waals surface area contributed by atoms with E-state index >= 15 is 0 Å². The highest BCUT2D eigenvalue weighted by Crippen LogP contribution is 2.56. The van der Waals surface area contributed by atoms with Gasteiger partial charge in [-0.05, 0) is 49.1 Å². The van der Waals surface area contributed by atoms with Crippen LogP contribution in [0.5, 0.6) is 0 Å². The lowest BCUT2D eigenvalue weighted by molar-refractivity contribution is -0.160. The molecule has 2 amide bonds. The molecule has 0 aromatic heterocycles. The molecule has 154 valence electrons. The summed E-state index contributed by atoms with van der Waals surface area (Å²) < 4.78 is 6.11. The molecule has 1 heterocycles. The maximum atomic E-state index is 13.1. The highest BCUT2D eigenvalue weighted by Gasteiger charge is 2.62. The summed E-state index contributed by atoms with van der Waals surface area (Å²) in [7, 11) is 0. The Bertz CT molecular complexity index is 836. The van der Waals surface area contributed by atoms with Crippen LogP contribution in [0.25, 0.3) is 0 Å². The number of carbonyl (C=O) groups is 4. The first-order valence-electron chi connectivity index (χ1n) is 10.1. The molecule has 0 spiro atoms. The highest BCUT2D eigenvalue weighted by atomic mass is 79.9. The summed E-state index contributed by atoms with van der Waals surface area (Å²) in [6, 6.07) is 5.77. The monoisotopic (exact) mass is 461 g/mol. The van der Waals surface area contributed by atoms with Crippen LogP contribution in [0, 0.1) is 29.6 Å². The zero-order valence-electron chi connectivity index (χ0n) is 16.5. The summed E-state index contributed by atoms with van der Waals surface area (Å²) in [6.07, 6.45) is 2.91. The van der Waals surface area contributed by atoms with Gasteiger partial charge in [-0.15, -0.1) is 0 Å². The van der Waals surface area contributed by atoms with Crippen LogP contribution in [0.3, 0.4) is 0 Å². The van der Waals surface area contributed by atoms with Gasteiger partial charge in [0.25, 0.3) is 0 Å². The molecule has 1 aliphatic heterocycles. The molecule has 2 aliphatic carbocycles. The Morgan fingerprint density at radius 2 is 1.62 bits per heavy atom. The van der Waals surface area contributed by atoms with Gasteiger partial charge in [0.15, 0.2) is 12.4 Å². The number of ketones is 1. The van der Waals surface area contributed by atoms with Gasteiger partial charge in [-0.1, -0.05) is 41.9 Å². The van der Waals surface area contributed by atoms with Gasteiger partial charge < -0.3 is 4.74 Å². The maximum absolute atomic E-state index is 13.1. The fraction of sp³-hybridized carbons (Fsp3) is 0.545. The number of Topliss-reactive ketones (excluding diaryl/α,β-unsaturated/α-hetero) is 1. The second kappa shape index (κ2) is 7.67. The standard InChI is InChI=1S/C22H24BrNO5/c1-11(2)19(22(28)29-10-16(25)12-5-7-15(23)8-6-12)24-20(26)17-13-3-4-14(9-13)18(17)21(24)27/h5-8,11,13-14,17-19H,3-4,9-10H2,1-2H3/t13-,14-,17-,18-,19+/m0/s1. The van der Waals surface area contributed by atoms with Crippen molar-refractivity contribution in [2.75, 3.05) is 6.61 Å². The van der Waals surface area contributed by atoms with Crippen molar-refractivity contribution in [3.8, 4) is 0 Å². The van der Waals surface area contributed by atoms with E-state index in [1.165, 1.54) is 0 Å². The maximum Gasteiger partial charge on any atom is 0.330 e. The number of carbonyl (C=O) groups excluding carboxylic acids is 4. The number of halogens is 1. The fourth-order valence-corrected chi connectivity index (χ4v) is 5.59. The van der Waals surface area contributed by atoms with E-state index in [2.05, 4.69) is 15.9 Å². The predicted molar refractivity (Wildman–Crippen MR) is 108 cm³/mol. The topological polar surface area (TPSA) is 80.8 Å². The molecule has 0 radical (unpaired) electrons. The fourth-order valence-electron chi connectivity index (χ4n) is 5.32. The van der Waals surface area contributed by atoms with Crippen molar-refractivity contribution >= 4 is 39.5 Å². The van der Waals surface area contributed by atoms with Crippen molar-refractivity contribution in [2.45, 2.75) is 39.2 Å². The van der Waals surface area contributed by atoms with Crippen molar-refractivity contribution in [3.05, 3.63) is 34.3 Å². The van der Waals surface area contributed by atoms with E-state index in [0.29, 0.717) is 5.56 Å². The molecule has 1 aromatic rings. The number of nitrogens with zero attached hydrogens (tertiary/aromatic N) is 1. The van der Waals surface area contributed by atoms with Gasteiger partial charge in [0.2, 0.25) is 11.8 Å². The molecule has 29 heavy (non-hydrogen) atoms. The molecule has 0 N–H and O–H groups in total. The molecule has 1 aromatic carbocycles. The number of fused-ring (bicyclic) bond motifs is 5. The first-order valence-corrected chi connectivity index (χ1v) is 10.9. The first kappa shape index (κ1) is 20.3. The minimum Gasteiger partial charge on any atom is -0.456 e. The Morgan fingerprint density at radius 1 is 1.07 bits per heavy atom. The molecule has 6 nitrogen and oxygen atoms in total. The Kier molecular flexibility index (Phi) is 5.36. The lowest BCUT2D eigenvalue weighted by Crippen LogP contribution is -2.50. The Morgan fingerprint density at radius 3 is 2.14 bits per heavy atom. The van der Waals surface area contributed by atoms with Crippen LogP contribution in [0.1, 0.15) is 43.5 Å². The molecule has 1 saturated heterocycles. The molecule has 3 aliphatic rings. The zero-order chi connectivity index (χ0) is 20.9. The molecule has 7 heteroatoms. The number of likely N-dealkylation sites (tertiary alicyclic amines) is 1. The second-order valence-corrected chi connectivity index (χ2v) is 9.57. The lowest BCUT2D eigenvalue weighted by Gasteiger charge is -2.28. The van der Waals surface area contributed by atoms with Gasteiger partial charge in [0.05, 0.1) is 11.8 Å². The normalized spacial score (nSPS) is 28.8. The summed E-state index contributed by atoms with van der Waals surface area (Å²) in [5, 5.41) is 0. The average molecular weight is 462 g/mol. The van der Waals surface area contributed by atoms with Crippen LogP contribution in [-0.2, 0) is 19.1 Å². The number of benzene rings is 1. The Hall–Kier alpha value is -2.02. The zero-order valence-corrected chi connectivity index (χ0v) is 18.1. The quantitative estimate of drug-likeness (QED) is 0.369. The van der Waals surface area contributed by atoms with Crippen molar-refractivity contribution in [1.29, 1.82) is 0 Å². The largest absolute Gasteiger partial charge is 0.456 e. The van der Waals surface area contributed by atoms with Crippen LogP contribution in [-0.4, -0.2) is 41.1 Å². The number of ether oxygens (including phenoxy) is 1. The molecular weight excluding hydrogens is 438 g/mol. The van der Waals surface area contributed by atoms with Gasteiger partial charge in [-0.25, -0.2) is 4.79 Å². The summed E-state index contributed by atoms with van der Waals surface area (Å²) in [5.74, 6) is -1.83. The Balaban J connectivity index is 1.47. The van der Waals surface area contributed by atoms with E-state index in [-0.39, 0.29) is 47.2 Å². The Labute approximate surface area is 178 Å². The molecular formula is C22H24BrNO5. The first-order chi connectivity index (χ1) is 13.8. The van der Waals surface area contributed by atoms with Gasteiger partial charge in [0.1, 0.15) is 6.04 Å². The third-order valence-corrected chi connectivity index (χ3v) is 7.15. The summed E-state index contributed by atoms with van der Waals surface area (Å²) in [4.78, 5) is 52.4. The lowest BCUT2D eigenvalue weighted by atomic mass is 9.81. The average Bonchev–Trinajstić information content (AvgIpc) is 3.36. The summed E-state index contributed by atoms with van der Waals surface area (Å²) in [6.45, 7) is 3.15. The number of imide groups is 1. The van der Waals surface area contributed by atoms with Crippen molar-refractivity contribution in [1.82, 2.24) is 4.90 Å². The van der Waals surface area contributed by atoms with E-state index in [1.54, 1.807) is 38.1 Å². The smallest absolute Gasteiger partial charge is 0.330 e. The number of esters is 1. The van der Waals surface area contributed by atoms with E-state index in [0.717, 1.165) is 28.6 Å². The van der Waals surface area contributed by atoms with E-state index in [4.69, 9.17) is 4.74 Å². The molecule has 5 atom stereocenters. The predicted octanol–water partition coefficient (Wildman–Crippen LogP) is 3.23. The van der Waals surface area contributed by atoms with Gasteiger partial charge >= 0.3 is 5.97 Å². The number of hydrogen-bond acceptors (Lipinski definition) is 5. The van der Waals surface area contributed by atoms with Crippen LogP contribution < -0.4 is 0 Å². The van der Waals surface area contributed by atoms with E-state index in [1.807, 2.05) is 0 Å². The van der Waals surface area contributed by atoms with E-state index in [9.17, 15) is 19.2 Å². The third kappa shape index (κ3) is 3.43. The number of rotatable bonds is 6. The minimum atomic E-state index is -0.988. The van der Waals surface area contributed by atoms with Crippen LogP contribution in [0.15, 0.2) is 28.7 Å². The summed E-state index contributed by atoms with van der Waals surface area (Å²) >= 11 is 3.31. The SMILES string of the molecule is CC(C)[C@H](C(=O)OCC(=O)c1ccc(Br)cc1)N1C(=O)[C@H]2[C@H]3CC[C@@H](C3)[C@@H]2C1=O. The number of amides is 2. The molecule has 3 fully saturated rings. The molecule has 4 rings (SSSR count).